The molecule has 1 aliphatic carbocycles. The SMILES string of the molecule is O=c1[nH]c(C2CCC2)nc2c1COCC2. The van der Waals surface area contributed by atoms with E-state index in [2.05, 4.69) is 9.97 Å². The molecule has 0 atom stereocenters. The van der Waals surface area contributed by atoms with Crippen LogP contribution in [0.1, 0.15) is 42.3 Å². The van der Waals surface area contributed by atoms with Gasteiger partial charge in [-0.3, -0.25) is 4.79 Å². The fraction of sp³-hybridized carbons (Fsp3) is 0.636. The molecular formula is C11H14N2O2. The molecule has 80 valence electrons. The maximum Gasteiger partial charge on any atom is 0.256 e. The van der Waals surface area contributed by atoms with Gasteiger partial charge in [0.25, 0.3) is 5.56 Å². The van der Waals surface area contributed by atoms with Crippen LogP contribution in [0.4, 0.5) is 0 Å². The highest BCUT2D eigenvalue weighted by Crippen LogP contribution is 2.34. The van der Waals surface area contributed by atoms with Crippen molar-refractivity contribution in [2.75, 3.05) is 6.61 Å². The number of aromatic nitrogens is 2. The van der Waals surface area contributed by atoms with Crippen LogP contribution in [0.25, 0.3) is 0 Å². The molecular weight excluding hydrogens is 192 g/mol. The van der Waals surface area contributed by atoms with E-state index < -0.39 is 0 Å². The minimum absolute atomic E-state index is 0.00148. The van der Waals surface area contributed by atoms with Crippen LogP contribution in [0.5, 0.6) is 0 Å². The van der Waals surface area contributed by atoms with E-state index in [4.69, 9.17) is 4.74 Å². The van der Waals surface area contributed by atoms with Crippen molar-refractivity contribution in [1.82, 2.24) is 9.97 Å². The minimum Gasteiger partial charge on any atom is -0.376 e. The number of ether oxygens (including phenoxy) is 1. The number of nitrogens with zero attached hydrogens (tertiary/aromatic N) is 1. The molecule has 1 saturated carbocycles. The lowest BCUT2D eigenvalue weighted by Crippen LogP contribution is -2.27. The van der Waals surface area contributed by atoms with Crippen molar-refractivity contribution in [2.45, 2.75) is 38.2 Å². The largest absolute Gasteiger partial charge is 0.376 e. The Hall–Kier alpha value is -1.16. The van der Waals surface area contributed by atoms with Gasteiger partial charge in [0.15, 0.2) is 0 Å². The van der Waals surface area contributed by atoms with E-state index >= 15 is 0 Å². The molecule has 0 bridgehead atoms. The minimum atomic E-state index is 0.00148. The molecule has 0 saturated heterocycles. The summed E-state index contributed by atoms with van der Waals surface area (Å²) >= 11 is 0. The monoisotopic (exact) mass is 206 g/mol. The van der Waals surface area contributed by atoms with Gasteiger partial charge in [0.2, 0.25) is 0 Å². The number of hydrogen-bond acceptors (Lipinski definition) is 3. The number of hydrogen-bond donors (Lipinski definition) is 1. The first-order chi connectivity index (χ1) is 7.34. The van der Waals surface area contributed by atoms with Crippen LogP contribution >= 0.6 is 0 Å². The lowest BCUT2D eigenvalue weighted by atomic mass is 9.84. The summed E-state index contributed by atoms with van der Waals surface area (Å²) in [6.07, 6.45) is 4.37. The average molecular weight is 206 g/mol. The van der Waals surface area contributed by atoms with Crippen LogP contribution in [-0.4, -0.2) is 16.6 Å². The number of rotatable bonds is 1. The average Bonchev–Trinajstić information content (AvgIpc) is 2.15. The Kier molecular flexibility index (Phi) is 2.09. The van der Waals surface area contributed by atoms with Crippen molar-refractivity contribution in [2.24, 2.45) is 0 Å². The van der Waals surface area contributed by atoms with Crippen LogP contribution in [0.2, 0.25) is 0 Å². The third-order valence-electron chi connectivity index (χ3n) is 3.34. The van der Waals surface area contributed by atoms with Gasteiger partial charge in [0.05, 0.1) is 24.5 Å². The molecule has 1 N–H and O–H groups in total. The van der Waals surface area contributed by atoms with Crippen molar-refractivity contribution in [3.63, 3.8) is 0 Å². The maximum atomic E-state index is 11.8. The highest BCUT2D eigenvalue weighted by atomic mass is 16.5. The summed E-state index contributed by atoms with van der Waals surface area (Å²) in [5.41, 5.74) is 1.68. The second-order valence-corrected chi connectivity index (χ2v) is 4.31. The molecule has 1 fully saturated rings. The van der Waals surface area contributed by atoms with Gasteiger partial charge in [-0.1, -0.05) is 6.42 Å². The van der Waals surface area contributed by atoms with Crippen LogP contribution in [0, 0.1) is 0 Å². The van der Waals surface area contributed by atoms with Crippen molar-refractivity contribution in [1.29, 1.82) is 0 Å². The molecule has 1 aromatic heterocycles. The van der Waals surface area contributed by atoms with Gasteiger partial charge in [-0.2, -0.15) is 0 Å². The van der Waals surface area contributed by atoms with Crippen molar-refractivity contribution >= 4 is 0 Å². The smallest absolute Gasteiger partial charge is 0.256 e. The highest BCUT2D eigenvalue weighted by Gasteiger charge is 2.24. The van der Waals surface area contributed by atoms with Gasteiger partial charge in [-0.25, -0.2) is 4.98 Å². The van der Waals surface area contributed by atoms with Crippen LogP contribution in [0.3, 0.4) is 0 Å². The standard InChI is InChI=1S/C11H14N2O2/c14-11-8-6-15-5-4-9(8)12-10(13-11)7-2-1-3-7/h7H,1-6H2,(H,12,13,14). The molecule has 2 aliphatic rings. The van der Waals surface area contributed by atoms with Gasteiger partial charge >= 0.3 is 0 Å². The molecule has 1 aromatic rings. The first kappa shape index (κ1) is 9.09. The van der Waals surface area contributed by atoms with Crippen molar-refractivity contribution in [3.8, 4) is 0 Å². The molecule has 0 amide bonds. The molecule has 0 aromatic carbocycles. The first-order valence-corrected chi connectivity index (χ1v) is 5.54. The van der Waals surface area contributed by atoms with E-state index in [0.29, 0.717) is 19.1 Å². The maximum absolute atomic E-state index is 11.8. The molecule has 4 heteroatoms. The summed E-state index contributed by atoms with van der Waals surface area (Å²) in [5.74, 6) is 1.39. The van der Waals surface area contributed by atoms with Crippen LogP contribution in [0.15, 0.2) is 4.79 Å². The van der Waals surface area contributed by atoms with E-state index in [1.807, 2.05) is 0 Å². The zero-order chi connectivity index (χ0) is 10.3. The van der Waals surface area contributed by atoms with Crippen LogP contribution < -0.4 is 5.56 Å². The van der Waals surface area contributed by atoms with Crippen molar-refractivity contribution in [3.05, 3.63) is 27.4 Å². The van der Waals surface area contributed by atoms with Gasteiger partial charge in [-0.15, -0.1) is 0 Å². The number of H-pyrrole nitrogens is 1. The molecule has 2 heterocycles. The Morgan fingerprint density at radius 1 is 1.40 bits per heavy atom. The summed E-state index contributed by atoms with van der Waals surface area (Å²) in [6, 6.07) is 0. The van der Waals surface area contributed by atoms with E-state index in [1.54, 1.807) is 0 Å². The number of fused-ring (bicyclic) bond motifs is 1. The van der Waals surface area contributed by atoms with Gasteiger partial charge in [0.1, 0.15) is 5.82 Å². The number of aromatic amines is 1. The van der Waals surface area contributed by atoms with Gasteiger partial charge in [-0.05, 0) is 12.8 Å². The van der Waals surface area contributed by atoms with Gasteiger partial charge < -0.3 is 9.72 Å². The predicted octanol–water partition coefficient (Wildman–Crippen LogP) is 1.11. The summed E-state index contributed by atoms with van der Waals surface area (Å²) in [4.78, 5) is 19.2. The molecule has 0 spiro atoms. The molecule has 4 nitrogen and oxygen atoms in total. The molecule has 0 radical (unpaired) electrons. The summed E-state index contributed by atoms with van der Waals surface area (Å²) in [5, 5.41) is 0. The normalized spacial score (nSPS) is 20.8. The third kappa shape index (κ3) is 1.49. The van der Waals surface area contributed by atoms with E-state index in [1.165, 1.54) is 6.42 Å². The quantitative estimate of drug-likeness (QED) is 0.748. The van der Waals surface area contributed by atoms with Crippen molar-refractivity contribution < 1.29 is 4.74 Å². The summed E-state index contributed by atoms with van der Waals surface area (Å²) < 4.78 is 5.26. The zero-order valence-corrected chi connectivity index (χ0v) is 8.58. The topological polar surface area (TPSA) is 55.0 Å². The molecule has 15 heavy (non-hydrogen) atoms. The fourth-order valence-corrected chi connectivity index (χ4v) is 2.14. The summed E-state index contributed by atoms with van der Waals surface area (Å²) in [7, 11) is 0. The van der Waals surface area contributed by atoms with Gasteiger partial charge in [0, 0.05) is 12.3 Å². The highest BCUT2D eigenvalue weighted by molar-refractivity contribution is 5.20. The third-order valence-corrected chi connectivity index (χ3v) is 3.34. The first-order valence-electron chi connectivity index (χ1n) is 5.54. The Balaban J connectivity index is 2.04. The van der Waals surface area contributed by atoms with E-state index in [-0.39, 0.29) is 5.56 Å². The second-order valence-electron chi connectivity index (χ2n) is 4.31. The number of nitrogens with one attached hydrogen (secondary N) is 1. The van der Waals surface area contributed by atoms with E-state index in [0.717, 1.165) is 36.3 Å². The zero-order valence-electron chi connectivity index (χ0n) is 8.58. The Bertz CT molecular complexity index is 435. The lowest BCUT2D eigenvalue weighted by molar-refractivity contribution is 0.107. The fourth-order valence-electron chi connectivity index (χ4n) is 2.14. The summed E-state index contributed by atoms with van der Waals surface area (Å²) in [6.45, 7) is 1.11. The van der Waals surface area contributed by atoms with E-state index in [9.17, 15) is 4.79 Å². The second kappa shape index (κ2) is 3.45. The predicted molar refractivity (Wildman–Crippen MR) is 54.8 cm³/mol. The lowest BCUT2D eigenvalue weighted by Gasteiger charge is -2.25. The Labute approximate surface area is 87.7 Å². The molecule has 3 rings (SSSR count). The van der Waals surface area contributed by atoms with Crippen LogP contribution in [-0.2, 0) is 17.8 Å². The Morgan fingerprint density at radius 2 is 2.27 bits per heavy atom. The molecule has 0 unspecified atom stereocenters. The molecule has 1 aliphatic heterocycles. The Morgan fingerprint density at radius 3 is 3.00 bits per heavy atom.